The molecule has 0 aliphatic carbocycles. The van der Waals surface area contributed by atoms with Crippen LogP contribution in [0.5, 0.6) is 5.75 Å². The molecule has 0 saturated heterocycles. The Labute approximate surface area is 132 Å². The third kappa shape index (κ3) is 4.36. The number of nitrogens with two attached hydrogens (primary N) is 1. The Morgan fingerprint density at radius 3 is 2.52 bits per heavy atom. The minimum Gasteiger partial charge on any atom is -0.487 e. The van der Waals surface area contributed by atoms with Crippen molar-refractivity contribution < 1.29 is 9.53 Å². The van der Waals surface area contributed by atoms with Crippen LogP contribution in [0, 0.1) is 0 Å². The van der Waals surface area contributed by atoms with E-state index in [0.717, 1.165) is 11.1 Å². The second-order valence-corrected chi connectivity index (χ2v) is 5.22. The van der Waals surface area contributed by atoms with Gasteiger partial charge >= 0.3 is 0 Å². The average molecular weight is 325 g/mol. The predicted octanol–water partition coefficient (Wildman–Crippen LogP) is 3.10. The van der Waals surface area contributed by atoms with Crippen LogP contribution in [0.25, 0.3) is 0 Å². The van der Waals surface area contributed by atoms with Gasteiger partial charge in [0, 0.05) is 5.02 Å². The van der Waals surface area contributed by atoms with E-state index in [0.29, 0.717) is 22.4 Å². The molecule has 0 fully saturated rings. The number of carbonyl (C=O) groups excluding carboxylic acids is 1. The van der Waals surface area contributed by atoms with E-state index in [-0.39, 0.29) is 12.3 Å². The molecule has 0 atom stereocenters. The van der Waals surface area contributed by atoms with Crippen LogP contribution in [0.2, 0.25) is 10.0 Å². The Bertz CT molecular complexity index is 647. The van der Waals surface area contributed by atoms with Crippen molar-refractivity contribution in [2.24, 2.45) is 5.84 Å². The standard InChI is InChI=1S/C15H14Cl2N2O2/c16-12-5-6-14(13(17)8-12)21-9-11-4-2-1-3-10(11)7-15(20)19-18/h1-6,8H,7,9,18H2,(H,19,20). The molecule has 110 valence electrons. The van der Waals surface area contributed by atoms with Gasteiger partial charge in [-0.1, -0.05) is 47.5 Å². The van der Waals surface area contributed by atoms with Crippen molar-refractivity contribution in [3.05, 3.63) is 63.6 Å². The molecule has 4 nitrogen and oxygen atoms in total. The number of halogens is 2. The first-order valence-corrected chi connectivity index (χ1v) is 7.00. The summed E-state index contributed by atoms with van der Waals surface area (Å²) in [5.74, 6) is 5.39. The summed E-state index contributed by atoms with van der Waals surface area (Å²) >= 11 is 11.9. The Morgan fingerprint density at radius 1 is 1.14 bits per heavy atom. The monoisotopic (exact) mass is 324 g/mol. The molecule has 2 rings (SSSR count). The molecule has 0 aromatic heterocycles. The zero-order valence-electron chi connectivity index (χ0n) is 11.1. The minimum atomic E-state index is -0.257. The van der Waals surface area contributed by atoms with E-state index in [9.17, 15) is 4.79 Å². The second kappa shape index (κ2) is 7.31. The first-order valence-electron chi connectivity index (χ1n) is 6.24. The number of ether oxygens (including phenoxy) is 1. The highest BCUT2D eigenvalue weighted by Gasteiger charge is 2.08. The Morgan fingerprint density at radius 2 is 1.86 bits per heavy atom. The van der Waals surface area contributed by atoms with Crippen molar-refractivity contribution in [3.8, 4) is 5.75 Å². The van der Waals surface area contributed by atoms with Gasteiger partial charge in [-0.25, -0.2) is 5.84 Å². The maximum absolute atomic E-state index is 11.4. The largest absolute Gasteiger partial charge is 0.487 e. The smallest absolute Gasteiger partial charge is 0.238 e. The van der Waals surface area contributed by atoms with Gasteiger partial charge in [0.15, 0.2) is 0 Å². The molecular weight excluding hydrogens is 311 g/mol. The first kappa shape index (κ1) is 15.6. The molecule has 0 unspecified atom stereocenters. The molecule has 6 heteroatoms. The number of amides is 1. The Hall–Kier alpha value is -1.75. The van der Waals surface area contributed by atoms with Gasteiger partial charge < -0.3 is 4.74 Å². The summed E-state index contributed by atoms with van der Waals surface area (Å²) in [6.07, 6.45) is 0.199. The van der Waals surface area contributed by atoms with E-state index >= 15 is 0 Å². The number of nitrogens with one attached hydrogen (secondary N) is 1. The van der Waals surface area contributed by atoms with Gasteiger partial charge in [-0.2, -0.15) is 0 Å². The third-order valence-electron chi connectivity index (χ3n) is 2.91. The molecule has 0 radical (unpaired) electrons. The SMILES string of the molecule is NNC(=O)Cc1ccccc1COc1ccc(Cl)cc1Cl. The van der Waals surface area contributed by atoms with Crippen molar-refractivity contribution in [1.82, 2.24) is 5.43 Å². The van der Waals surface area contributed by atoms with Gasteiger partial charge in [0.1, 0.15) is 12.4 Å². The number of hydrogen-bond acceptors (Lipinski definition) is 3. The van der Waals surface area contributed by atoms with Crippen molar-refractivity contribution >= 4 is 29.1 Å². The molecule has 0 aliphatic heterocycles. The van der Waals surface area contributed by atoms with Crippen LogP contribution in [0.1, 0.15) is 11.1 Å². The maximum atomic E-state index is 11.4. The summed E-state index contributed by atoms with van der Waals surface area (Å²) in [6, 6.07) is 12.5. The highest BCUT2D eigenvalue weighted by Crippen LogP contribution is 2.28. The number of carbonyl (C=O) groups is 1. The molecule has 2 aromatic rings. The quantitative estimate of drug-likeness (QED) is 0.504. The van der Waals surface area contributed by atoms with Crippen LogP contribution in [-0.2, 0) is 17.8 Å². The Kier molecular flexibility index (Phi) is 5.44. The first-order chi connectivity index (χ1) is 10.1. The number of hydrazine groups is 1. The molecule has 0 heterocycles. The molecule has 21 heavy (non-hydrogen) atoms. The fraction of sp³-hybridized carbons (Fsp3) is 0.133. The highest BCUT2D eigenvalue weighted by molar-refractivity contribution is 6.35. The summed E-state index contributed by atoms with van der Waals surface area (Å²) in [6.45, 7) is 0.301. The van der Waals surface area contributed by atoms with Crippen molar-refractivity contribution in [1.29, 1.82) is 0 Å². The van der Waals surface area contributed by atoms with Crippen molar-refractivity contribution in [2.45, 2.75) is 13.0 Å². The van der Waals surface area contributed by atoms with E-state index in [1.54, 1.807) is 18.2 Å². The molecular formula is C15H14Cl2N2O2. The van der Waals surface area contributed by atoms with Crippen molar-refractivity contribution in [3.63, 3.8) is 0 Å². The molecule has 0 bridgehead atoms. The summed E-state index contributed by atoms with van der Waals surface area (Å²) in [7, 11) is 0. The van der Waals surface area contributed by atoms with Gasteiger partial charge in [0.05, 0.1) is 11.4 Å². The lowest BCUT2D eigenvalue weighted by molar-refractivity contribution is -0.120. The van der Waals surface area contributed by atoms with Crippen LogP contribution in [0.3, 0.4) is 0 Å². The fourth-order valence-electron chi connectivity index (χ4n) is 1.84. The van der Waals surface area contributed by atoms with Gasteiger partial charge in [-0.3, -0.25) is 10.2 Å². The maximum Gasteiger partial charge on any atom is 0.238 e. The lowest BCUT2D eigenvalue weighted by Gasteiger charge is -2.11. The van der Waals surface area contributed by atoms with Gasteiger partial charge in [-0.05, 0) is 29.3 Å². The summed E-state index contributed by atoms with van der Waals surface area (Å²) in [4.78, 5) is 11.4. The molecule has 0 aliphatic rings. The van der Waals surface area contributed by atoms with Crippen LogP contribution < -0.4 is 16.0 Å². The molecule has 3 N–H and O–H groups in total. The van der Waals surface area contributed by atoms with Crippen LogP contribution in [0.15, 0.2) is 42.5 Å². The van der Waals surface area contributed by atoms with Crippen LogP contribution >= 0.6 is 23.2 Å². The normalized spacial score (nSPS) is 10.2. The molecule has 1 amide bonds. The van der Waals surface area contributed by atoms with E-state index in [1.807, 2.05) is 24.3 Å². The number of benzene rings is 2. The lowest BCUT2D eigenvalue weighted by atomic mass is 10.1. The third-order valence-corrected chi connectivity index (χ3v) is 3.44. The predicted molar refractivity (Wildman–Crippen MR) is 83.3 cm³/mol. The minimum absolute atomic E-state index is 0.199. The zero-order valence-corrected chi connectivity index (χ0v) is 12.6. The lowest BCUT2D eigenvalue weighted by Crippen LogP contribution is -2.31. The van der Waals surface area contributed by atoms with E-state index < -0.39 is 0 Å². The molecule has 2 aromatic carbocycles. The highest BCUT2D eigenvalue weighted by atomic mass is 35.5. The Balaban J connectivity index is 2.11. The average Bonchev–Trinajstić information content (AvgIpc) is 2.47. The summed E-state index contributed by atoms with van der Waals surface area (Å²) < 4.78 is 5.68. The number of hydrogen-bond donors (Lipinski definition) is 2. The van der Waals surface area contributed by atoms with E-state index in [4.69, 9.17) is 33.8 Å². The summed E-state index contributed by atoms with van der Waals surface area (Å²) in [5.41, 5.74) is 3.86. The molecule has 0 spiro atoms. The van der Waals surface area contributed by atoms with Crippen LogP contribution in [-0.4, -0.2) is 5.91 Å². The van der Waals surface area contributed by atoms with E-state index in [2.05, 4.69) is 5.43 Å². The topological polar surface area (TPSA) is 64.3 Å². The van der Waals surface area contributed by atoms with Gasteiger partial charge in [0.25, 0.3) is 0 Å². The van der Waals surface area contributed by atoms with Gasteiger partial charge in [-0.15, -0.1) is 0 Å². The van der Waals surface area contributed by atoms with E-state index in [1.165, 1.54) is 0 Å². The van der Waals surface area contributed by atoms with Gasteiger partial charge in [0.2, 0.25) is 5.91 Å². The summed E-state index contributed by atoms with van der Waals surface area (Å²) in [5, 5.41) is 0.993. The van der Waals surface area contributed by atoms with Crippen molar-refractivity contribution in [2.75, 3.05) is 0 Å². The number of rotatable bonds is 5. The van der Waals surface area contributed by atoms with Crippen LogP contribution in [0.4, 0.5) is 0 Å². The fourth-order valence-corrected chi connectivity index (χ4v) is 2.31. The zero-order chi connectivity index (χ0) is 15.2. The second-order valence-electron chi connectivity index (χ2n) is 4.38. The molecule has 0 saturated carbocycles.